The van der Waals surface area contributed by atoms with Gasteiger partial charge in [-0.25, -0.2) is 0 Å². The number of aryl methyl sites for hydroxylation is 1. The van der Waals surface area contributed by atoms with Gasteiger partial charge in [-0.3, -0.25) is 4.79 Å². The van der Waals surface area contributed by atoms with Gasteiger partial charge in [0, 0.05) is 23.2 Å². The van der Waals surface area contributed by atoms with Crippen molar-refractivity contribution >= 4 is 23.4 Å². The van der Waals surface area contributed by atoms with E-state index < -0.39 is 0 Å². The predicted molar refractivity (Wildman–Crippen MR) is 97.0 cm³/mol. The lowest BCUT2D eigenvalue weighted by Gasteiger charge is -2.33. The molecule has 0 fully saturated rings. The third-order valence-corrected chi connectivity index (χ3v) is 5.23. The molecule has 1 atom stereocenters. The van der Waals surface area contributed by atoms with Gasteiger partial charge in [0.25, 0.3) is 0 Å². The summed E-state index contributed by atoms with van der Waals surface area (Å²) < 4.78 is 0. The number of amides is 1. The highest BCUT2D eigenvalue weighted by Crippen LogP contribution is 2.37. The number of anilines is 1. The van der Waals surface area contributed by atoms with E-state index >= 15 is 0 Å². The molecule has 120 valence electrons. The van der Waals surface area contributed by atoms with Gasteiger partial charge in [-0.15, -0.1) is 11.8 Å². The fourth-order valence-electron chi connectivity index (χ4n) is 2.86. The Bertz CT molecular complexity index is 701. The van der Waals surface area contributed by atoms with Gasteiger partial charge in [-0.2, -0.15) is 0 Å². The molecular formula is C19H22N2OS. The number of para-hydroxylation sites is 1. The van der Waals surface area contributed by atoms with Gasteiger partial charge in [0.05, 0.1) is 12.2 Å². The quantitative estimate of drug-likeness (QED) is 0.931. The van der Waals surface area contributed by atoms with E-state index in [1.807, 2.05) is 30.0 Å². The van der Waals surface area contributed by atoms with Gasteiger partial charge in [-0.1, -0.05) is 43.3 Å². The molecule has 0 unspecified atom stereocenters. The number of benzene rings is 2. The zero-order chi connectivity index (χ0) is 16.2. The van der Waals surface area contributed by atoms with Crippen LogP contribution in [-0.4, -0.2) is 24.2 Å². The van der Waals surface area contributed by atoms with Crippen LogP contribution < -0.4 is 10.2 Å². The summed E-state index contributed by atoms with van der Waals surface area (Å²) in [6.45, 7) is 6.18. The third kappa shape index (κ3) is 3.88. The molecule has 1 aliphatic rings. The molecule has 3 rings (SSSR count). The highest BCUT2D eigenvalue weighted by atomic mass is 32.2. The molecule has 2 aromatic rings. The number of carbonyl (C=O) groups is 1. The van der Waals surface area contributed by atoms with Crippen LogP contribution in [0.4, 0.5) is 5.69 Å². The smallest absolute Gasteiger partial charge is 0.239 e. The summed E-state index contributed by atoms with van der Waals surface area (Å²) in [6, 6.07) is 16.5. The molecule has 4 heteroatoms. The van der Waals surface area contributed by atoms with Crippen molar-refractivity contribution in [3.63, 3.8) is 0 Å². The van der Waals surface area contributed by atoms with E-state index in [9.17, 15) is 4.79 Å². The second-order valence-electron chi connectivity index (χ2n) is 5.98. The minimum absolute atomic E-state index is 0.0714. The first-order chi connectivity index (χ1) is 11.1. The van der Waals surface area contributed by atoms with Crippen LogP contribution in [0.25, 0.3) is 0 Å². The van der Waals surface area contributed by atoms with Crippen molar-refractivity contribution in [2.75, 3.05) is 18.0 Å². The number of fused-ring (bicyclic) bond motifs is 1. The average Bonchev–Trinajstić information content (AvgIpc) is 2.54. The zero-order valence-corrected chi connectivity index (χ0v) is 14.4. The summed E-state index contributed by atoms with van der Waals surface area (Å²) >= 11 is 1.88. The Hall–Kier alpha value is -1.94. The Morgan fingerprint density at radius 3 is 2.78 bits per heavy atom. The standard InChI is InChI=1S/C19H22N2OS/c1-14-7-3-4-8-16(14)11-20-19(22)13-21-12-15(2)23-18-10-6-5-9-17(18)21/h3-10,15H,11-13H2,1-2H3,(H,20,22)/t15-/m1/s1. The monoisotopic (exact) mass is 326 g/mol. The topological polar surface area (TPSA) is 32.3 Å². The number of nitrogens with one attached hydrogen (secondary N) is 1. The first kappa shape index (κ1) is 15.9. The van der Waals surface area contributed by atoms with E-state index in [1.165, 1.54) is 21.7 Å². The molecule has 3 nitrogen and oxygen atoms in total. The Kier molecular flexibility index (Phi) is 4.91. The average molecular weight is 326 g/mol. The molecule has 0 aliphatic carbocycles. The number of nitrogens with zero attached hydrogens (tertiary/aromatic N) is 1. The fourth-order valence-corrected chi connectivity index (χ4v) is 4.02. The SMILES string of the molecule is Cc1ccccc1CNC(=O)CN1C[C@@H](C)Sc2ccccc21. The van der Waals surface area contributed by atoms with Crippen LogP contribution >= 0.6 is 11.8 Å². The number of hydrogen-bond donors (Lipinski definition) is 1. The first-order valence-corrected chi connectivity index (χ1v) is 8.83. The lowest BCUT2D eigenvalue weighted by atomic mass is 10.1. The number of hydrogen-bond acceptors (Lipinski definition) is 3. The minimum Gasteiger partial charge on any atom is -0.360 e. The zero-order valence-electron chi connectivity index (χ0n) is 13.6. The largest absolute Gasteiger partial charge is 0.360 e. The molecule has 0 radical (unpaired) electrons. The molecule has 0 saturated carbocycles. The molecule has 1 N–H and O–H groups in total. The van der Waals surface area contributed by atoms with Crippen molar-refractivity contribution < 1.29 is 4.79 Å². The summed E-state index contributed by atoms with van der Waals surface area (Å²) in [5, 5.41) is 3.54. The molecule has 0 aromatic heterocycles. The lowest BCUT2D eigenvalue weighted by Crippen LogP contribution is -2.41. The molecule has 1 amide bonds. The van der Waals surface area contributed by atoms with Crippen LogP contribution in [-0.2, 0) is 11.3 Å². The van der Waals surface area contributed by atoms with Crippen molar-refractivity contribution in [3.8, 4) is 0 Å². The van der Waals surface area contributed by atoms with Crippen LogP contribution in [0.15, 0.2) is 53.4 Å². The van der Waals surface area contributed by atoms with E-state index in [2.05, 4.69) is 54.4 Å². The van der Waals surface area contributed by atoms with Gasteiger partial charge in [0.2, 0.25) is 5.91 Å². The molecule has 23 heavy (non-hydrogen) atoms. The summed E-state index contributed by atoms with van der Waals surface area (Å²) in [5.74, 6) is 0.0714. The molecular weight excluding hydrogens is 304 g/mol. The van der Waals surface area contributed by atoms with Crippen molar-refractivity contribution in [2.24, 2.45) is 0 Å². The summed E-state index contributed by atoms with van der Waals surface area (Å²) in [6.07, 6.45) is 0. The van der Waals surface area contributed by atoms with Crippen molar-refractivity contribution in [3.05, 3.63) is 59.7 Å². The summed E-state index contributed by atoms with van der Waals surface area (Å²) in [7, 11) is 0. The first-order valence-electron chi connectivity index (χ1n) is 7.95. The van der Waals surface area contributed by atoms with Crippen LogP contribution in [0.1, 0.15) is 18.1 Å². The van der Waals surface area contributed by atoms with Crippen LogP contribution in [0, 0.1) is 6.92 Å². The number of rotatable bonds is 4. The molecule has 0 spiro atoms. The normalized spacial score (nSPS) is 16.8. The van der Waals surface area contributed by atoms with Gasteiger partial charge >= 0.3 is 0 Å². The highest BCUT2D eigenvalue weighted by Gasteiger charge is 2.23. The molecule has 1 heterocycles. The molecule has 0 saturated heterocycles. The predicted octanol–water partition coefficient (Wildman–Crippen LogP) is 3.61. The fraction of sp³-hybridized carbons (Fsp3) is 0.316. The van der Waals surface area contributed by atoms with Gasteiger partial charge < -0.3 is 10.2 Å². The van der Waals surface area contributed by atoms with E-state index in [4.69, 9.17) is 0 Å². The lowest BCUT2D eigenvalue weighted by molar-refractivity contribution is -0.119. The molecule has 0 bridgehead atoms. The van der Waals surface area contributed by atoms with Gasteiger partial charge in [0.1, 0.15) is 0 Å². The van der Waals surface area contributed by atoms with Crippen molar-refractivity contribution in [1.29, 1.82) is 0 Å². The number of carbonyl (C=O) groups excluding carboxylic acids is 1. The van der Waals surface area contributed by atoms with E-state index in [0.717, 1.165) is 6.54 Å². The maximum Gasteiger partial charge on any atom is 0.239 e. The third-order valence-electron chi connectivity index (χ3n) is 4.08. The Morgan fingerprint density at radius 2 is 1.96 bits per heavy atom. The van der Waals surface area contributed by atoms with Crippen molar-refractivity contribution in [1.82, 2.24) is 5.32 Å². The van der Waals surface area contributed by atoms with E-state index in [-0.39, 0.29) is 5.91 Å². The number of thioether (sulfide) groups is 1. The maximum absolute atomic E-state index is 12.4. The maximum atomic E-state index is 12.4. The second-order valence-corrected chi connectivity index (χ2v) is 7.46. The van der Waals surface area contributed by atoms with E-state index in [0.29, 0.717) is 18.3 Å². The minimum atomic E-state index is 0.0714. The molecule has 2 aromatic carbocycles. The van der Waals surface area contributed by atoms with Crippen LogP contribution in [0.5, 0.6) is 0 Å². The van der Waals surface area contributed by atoms with Crippen LogP contribution in [0.3, 0.4) is 0 Å². The van der Waals surface area contributed by atoms with Gasteiger partial charge in [0.15, 0.2) is 0 Å². The molecule has 1 aliphatic heterocycles. The summed E-state index contributed by atoms with van der Waals surface area (Å²) in [4.78, 5) is 15.8. The Morgan fingerprint density at radius 1 is 1.22 bits per heavy atom. The Labute approximate surface area is 142 Å². The van der Waals surface area contributed by atoms with Crippen LogP contribution in [0.2, 0.25) is 0 Å². The van der Waals surface area contributed by atoms with Gasteiger partial charge in [-0.05, 0) is 30.2 Å². The summed E-state index contributed by atoms with van der Waals surface area (Å²) in [5.41, 5.74) is 3.55. The highest BCUT2D eigenvalue weighted by molar-refractivity contribution is 8.00. The van der Waals surface area contributed by atoms with Crippen molar-refractivity contribution in [2.45, 2.75) is 30.5 Å². The second kappa shape index (κ2) is 7.09. The Balaban J connectivity index is 1.63. The van der Waals surface area contributed by atoms with E-state index in [1.54, 1.807) is 0 Å².